The first kappa shape index (κ1) is 16.1. The van der Waals surface area contributed by atoms with E-state index < -0.39 is 11.6 Å². The highest BCUT2D eigenvalue weighted by Gasteiger charge is 2.56. The monoisotopic (exact) mass is 342 g/mol. The Kier molecular flexibility index (Phi) is 3.74. The molecule has 3 aliphatic rings. The van der Waals surface area contributed by atoms with E-state index >= 15 is 0 Å². The number of hydrogen-bond acceptors (Lipinski definition) is 4. The summed E-state index contributed by atoms with van der Waals surface area (Å²) in [4.78, 5) is 44.9. The lowest BCUT2D eigenvalue weighted by Crippen LogP contribution is -2.47. The summed E-state index contributed by atoms with van der Waals surface area (Å²) < 4.78 is 0. The van der Waals surface area contributed by atoms with E-state index in [1.165, 1.54) is 0 Å². The minimum absolute atomic E-state index is 0.0794. The number of pyridine rings is 1. The van der Waals surface area contributed by atoms with Crippen molar-refractivity contribution in [1.29, 1.82) is 0 Å². The van der Waals surface area contributed by atoms with Crippen LogP contribution in [0.2, 0.25) is 0 Å². The zero-order valence-corrected chi connectivity index (χ0v) is 14.3. The molecule has 7 heteroatoms. The Morgan fingerprint density at radius 1 is 1.32 bits per heavy atom. The van der Waals surface area contributed by atoms with Gasteiger partial charge in [0.1, 0.15) is 12.1 Å². The zero-order chi connectivity index (χ0) is 17.6. The average molecular weight is 342 g/mol. The summed E-state index contributed by atoms with van der Waals surface area (Å²) in [6, 6.07) is 5.12. The molecule has 132 valence electrons. The van der Waals surface area contributed by atoms with E-state index in [9.17, 15) is 14.4 Å². The van der Waals surface area contributed by atoms with Gasteiger partial charge >= 0.3 is 6.03 Å². The molecule has 2 atom stereocenters. The maximum Gasteiger partial charge on any atom is 0.325 e. The SMILES string of the molecule is C[C@@]1(C2CC2)NC(=O)N(CC(=O)N2CCC[C@@H]2c2ccccn2)C1=O. The first-order chi connectivity index (χ1) is 12.0. The third-order valence-corrected chi connectivity index (χ3v) is 5.59. The van der Waals surface area contributed by atoms with E-state index in [0.29, 0.717) is 6.54 Å². The van der Waals surface area contributed by atoms with Gasteiger partial charge in [-0.15, -0.1) is 0 Å². The number of amides is 4. The molecule has 0 unspecified atom stereocenters. The summed E-state index contributed by atoms with van der Waals surface area (Å²) >= 11 is 0. The van der Waals surface area contributed by atoms with Crippen LogP contribution < -0.4 is 5.32 Å². The van der Waals surface area contributed by atoms with Crippen molar-refractivity contribution in [2.45, 2.75) is 44.2 Å². The lowest BCUT2D eigenvalue weighted by Gasteiger charge is -2.26. The number of hydrogen-bond donors (Lipinski definition) is 1. The lowest BCUT2D eigenvalue weighted by molar-refractivity contribution is -0.139. The fraction of sp³-hybridized carbons (Fsp3) is 0.556. The van der Waals surface area contributed by atoms with Crippen molar-refractivity contribution < 1.29 is 14.4 Å². The van der Waals surface area contributed by atoms with Crippen LogP contribution in [-0.2, 0) is 9.59 Å². The Balaban J connectivity index is 1.48. The zero-order valence-electron chi connectivity index (χ0n) is 14.3. The Morgan fingerprint density at radius 3 is 2.80 bits per heavy atom. The number of carbonyl (C=O) groups is 3. The number of urea groups is 1. The van der Waals surface area contributed by atoms with E-state index in [4.69, 9.17) is 0 Å². The molecule has 2 aliphatic heterocycles. The van der Waals surface area contributed by atoms with Crippen LogP contribution in [0.25, 0.3) is 0 Å². The molecule has 7 nitrogen and oxygen atoms in total. The predicted octanol–water partition coefficient (Wildman–Crippen LogP) is 1.47. The third-order valence-electron chi connectivity index (χ3n) is 5.59. The van der Waals surface area contributed by atoms with Crippen molar-refractivity contribution in [3.63, 3.8) is 0 Å². The minimum Gasteiger partial charge on any atom is -0.333 e. The molecule has 0 bridgehead atoms. The number of likely N-dealkylation sites (tertiary alicyclic amines) is 1. The molecule has 0 radical (unpaired) electrons. The molecule has 25 heavy (non-hydrogen) atoms. The molecule has 2 saturated heterocycles. The van der Waals surface area contributed by atoms with Gasteiger partial charge in [0.25, 0.3) is 5.91 Å². The van der Waals surface area contributed by atoms with E-state index in [2.05, 4.69) is 10.3 Å². The summed E-state index contributed by atoms with van der Waals surface area (Å²) in [5.74, 6) is -0.282. The second kappa shape index (κ2) is 5.82. The molecule has 3 heterocycles. The molecule has 4 amide bonds. The van der Waals surface area contributed by atoms with Gasteiger partial charge in [-0.2, -0.15) is 0 Å². The summed E-state index contributed by atoms with van der Waals surface area (Å²) in [7, 11) is 0. The molecule has 1 saturated carbocycles. The van der Waals surface area contributed by atoms with E-state index in [1.54, 1.807) is 18.0 Å². The van der Waals surface area contributed by atoms with Crippen LogP contribution in [0, 0.1) is 5.92 Å². The number of rotatable bonds is 4. The second-order valence-corrected chi connectivity index (χ2v) is 7.30. The highest BCUT2D eigenvalue weighted by Crippen LogP contribution is 2.42. The summed E-state index contributed by atoms with van der Waals surface area (Å²) in [6.45, 7) is 2.20. The molecule has 1 N–H and O–H groups in total. The van der Waals surface area contributed by atoms with Crippen LogP contribution in [-0.4, -0.2) is 51.3 Å². The summed E-state index contributed by atoms with van der Waals surface area (Å²) in [5, 5.41) is 2.79. The van der Waals surface area contributed by atoms with Gasteiger partial charge in [0.2, 0.25) is 5.91 Å². The summed E-state index contributed by atoms with van der Waals surface area (Å²) in [6.07, 6.45) is 5.35. The molecule has 1 aromatic rings. The predicted molar refractivity (Wildman–Crippen MR) is 89.3 cm³/mol. The maximum absolute atomic E-state index is 12.8. The number of nitrogens with zero attached hydrogens (tertiary/aromatic N) is 3. The fourth-order valence-corrected chi connectivity index (χ4v) is 3.97. The van der Waals surface area contributed by atoms with Crippen molar-refractivity contribution in [2.75, 3.05) is 13.1 Å². The molecular weight excluding hydrogens is 320 g/mol. The van der Waals surface area contributed by atoms with E-state index in [0.717, 1.165) is 36.3 Å². The van der Waals surface area contributed by atoms with Gasteiger partial charge < -0.3 is 10.2 Å². The summed E-state index contributed by atoms with van der Waals surface area (Å²) in [5.41, 5.74) is 0.0105. The second-order valence-electron chi connectivity index (χ2n) is 7.30. The normalized spacial score (nSPS) is 29.2. The average Bonchev–Trinajstić information content (AvgIpc) is 3.32. The van der Waals surface area contributed by atoms with Gasteiger partial charge in [-0.3, -0.25) is 19.5 Å². The highest BCUT2D eigenvalue weighted by atomic mass is 16.2. The van der Waals surface area contributed by atoms with Gasteiger partial charge in [-0.25, -0.2) is 4.79 Å². The molecule has 0 aromatic carbocycles. The first-order valence-corrected chi connectivity index (χ1v) is 8.85. The van der Waals surface area contributed by atoms with Crippen molar-refractivity contribution in [1.82, 2.24) is 20.1 Å². The highest BCUT2D eigenvalue weighted by molar-refractivity contribution is 6.09. The van der Waals surface area contributed by atoms with E-state index in [-0.39, 0.29) is 30.3 Å². The van der Waals surface area contributed by atoms with Gasteiger partial charge in [0, 0.05) is 12.7 Å². The molecular formula is C18H22N4O3. The number of imide groups is 1. The number of nitrogens with one attached hydrogen (secondary N) is 1. The fourth-order valence-electron chi connectivity index (χ4n) is 3.97. The number of aromatic nitrogens is 1. The largest absolute Gasteiger partial charge is 0.333 e. The van der Waals surface area contributed by atoms with Crippen molar-refractivity contribution >= 4 is 17.8 Å². The maximum atomic E-state index is 12.8. The Labute approximate surface area is 146 Å². The van der Waals surface area contributed by atoms with E-state index in [1.807, 2.05) is 18.2 Å². The van der Waals surface area contributed by atoms with Crippen molar-refractivity contribution in [3.05, 3.63) is 30.1 Å². The molecule has 3 fully saturated rings. The lowest BCUT2D eigenvalue weighted by atomic mass is 9.96. The third kappa shape index (κ3) is 2.67. The van der Waals surface area contributed by atoms with Crippen molar-refractivity contribution in [2.24, 2.45) is 5.92 Å². The van der Waals surface area contributed by atoms with Crippen LogP contribution in [0.3, 0.4) is 0 Å². The minimum atomic E-state index is -0.844. The quantitative estimate of drug-likeness (QED) is 0.840. The first-order valence-electron chi connectivity index (χ1n) is 8.85. The van der Waals surface area contributed by atoms with Crippen LogP contribution in [0.15, 0.2) is 24.4 Å². The topological polar surface area (TPSA) is 82.6 Å². The number of carbonyl (C=O) groups excluding carboxylic acids is 3. The molecule has 1 aromatic heterocycles. The van der Waals surface area contributed by atoms with Crippen LogP contribution in [0.1, 0.15) is 44.3 Å². The Hall–Kier alpha value is -2.44. The van der Waals surface area contributed by atoms with Crippen LogP contribution in [0.5, 0.6) is 0 Å². The van der Waals surface area contributed by atoms with Gasteiger partial charge in [0.05, 0.1) is 11.7 Å². The Bertz CT molecular complexity index is 718. The van der Waals surface area contributed by atoms with Gasteiger partial charge in [0.15, 0.2) is 0 Å². The molecule has 0 spiro atoms. The standard InChI is InChI=1S/C18H22N4O3/c1-18(12-7-8-12)16(24)22(17(25)20-18)11-15(23)21-10-4-6-14(21)13-5-2-3-9-19-13/h2-3,5,9,12,14H,4,6-8,10-11H2,1H3,(H,20,25)/t14-,18+/m1/s1. The van der Waals surface area contributed by atoms with Crippen molar-refractivity contribution in [3.8, 4) is 0 Å². The van der Waals surface area contributed by atoms with Gasteiger partial charge in [-0.1, -0.05) is 6.07 Å². The smallest absolute Gasteiger partial charge is 0.325 e. The molecule has 4 rings (SSSR count). The van der Waals surface area contributed by atoms with Crippen LogP contribution >= 0.6 is 0 Å². The van der Waals surface area contributed by atoms with Gasteiger partial charge in [-0.05, 0) is 50.7 Å². The molecule has 1 aliphatic carbocycles. The van der Waals surface area contributed by atoms with Crippen LogP contribution in [0.4, 0.5) is 4.79 Å². The Morgan fingerprint density at radius 2 is 2.12 bits per heavy atom.